The van der Waals surface area contributed by atoms with Crippen molar-refractivity contribution in [2.45, 2.75) is 525 Å². The molecule has 0 bridgehead atoms. The van der Waals surface area contributed by atoms with Crippen LogP contribution in [-0.2, 0) is 57.8 Å². The minimum atomic E-state index is -2.15. The van der Waals surface area contributed by atoms with Gasteiger partial charge in [-0.2, -0.15) is 0 Å². The van der Waals surface area contributed by atoms with Crippen molar-refractivity contribution in [3.8, 4) is 50.6 Å². The lowest BCUT2D eigenvalue weighted by atomic mass is 9.84. The molecule has 0 aliphatic carbocycles. The fourth-order valence-electron chi connectivity index (χ4n) is 19.4. The Labute approximate surface area is 751 Å². The summed E-state index contributed by atoms with van der Waals surface area (Å²) in [7, 11) is -2.15. The third kappa shape index (κ3) is 43.5. The Kier molecular flexibility index (Phi) is 61.8. The minimum absolute atomic E-state index is 0.851. The van der Waals surface area contributed by atoms with Crippen LogP contribution in [0.1, 0.15) is 517 Å². The van der Waals surface area contributed by atoms with Crippen molar-refractivity contribution in [2.24, 2.45) is 0 Å². The molecule has 121 heavy (non-hydrogen) atoms. The molecule has 0 saturated heterocycles. The van der Waals surface area contributed by atoms with Crippen molar-refractivity contribution >= 4 is 8.60 Å². The summed E-state index contributed by atoms with van der Waals surface area (Å²) in [6.07, 6.45) is 93.4. The molecule has 6 rings (SSSR count). The van der Waals surface area contributed by atoms with Gasteiger partial charge < -0.3 is 13.6 Å². The van der Waals surface area contributed by atoms with E-state index in [-0.39, 0.29) is 0 Å². The largest absolute Gasteiger partial charge is 0.530 e. The number of rotatable bonds is 81. The van der Waals surface area contributed by atoms with Crippen molar-refractivity contribution in [3.05, 3.63) is 159 Å². The predicted molar refractivity (Wildman–Crippen MR) is 540 cm³/mol. The first-order valence-electron chi connectivity index (χ1n) is 53.4. The number of hydrogen-bond acceptors (Lipinski definition) is 3. The van der Waals surface area contributed by atoms with E-state index in [2.05, 4.69) is 172 Å². The molecule has 3 nitrogen and oxygen atoms in total. The molecule has 0 aliphatic rings. The molecule has 0 aromatic heterocycles. The van der Waals surface area contributed by atoms with Gasteiger partial charge in [0.25, 0.3) is 0 Å². The zero-order valence-electron chi connectivity index (χ0n) is 81.0. The molecule has 4 heteroatoms. The molecule has 0 amide bonds. The summed E-state index contributed by atoms with van der Waals surface area (Å²) in [4.78, 5) is 0. The van der Waals surface area contributed by atoms with Crippen LogP contribution >= 0.6 is 8.60 Å². The highest BCUT2D eigenvalue weighted by Gasteiger charge is 2.29. The van der Waals surface area contributed by atoms with Crippen LogP contribution in [0.2, 0.25) is 0 Å². The summed E-state index contributed by atoms with van der Waals surface area (Å²) in [5.41, 5.74) is 22.0. The van der Waals surface area contributed by atoms with Gasteiger partial charge in [-0.3, -0.25) is 0 Å². The van der Waals surface area contributed by atoms with E-state index in [1.165, 1.54) is 440 Å². The van der Waals surface area contributed by atoms with Gasteiger partial charge >= 0.3 is 8.60 Å². The molecule has 6 aromatic carbocycles. The average molecular weight is 1670 g/mol. The molecule has 0 radical (unpaired) electrons. The summed E-state index contributed by atoms with van der Waals surface area (Å²) in [5.74, 6) is 2.55. The Balaban J connectivity index is 1.60. The van der Waals surface area contributed by atoms with Crippen molar-refractivity contribution < 1.29 is 13.6 Å². The fraction of sp³-hybridized carbons (Fsp3) is 0.692. The number of aryl methyl sites for hydroxylation is 3. The normalized spacial score (nSPS) is 11.7. The molecule has 0 atom stereocenters. The quantitative estimate of drug-likeness (QED) is 0.0281. The lowest BCUT2D eigenvalue weighted by Crippen LogP contribution is -2.08. The van der Waals surface area contributed by atoms with E-state index in [0.717, 1.165) is 72.5 Å². The fourth-order valence-corrected chi connectivity index (χ4v) is 20.5. The molecule has 0 aliphatic heterocycles. The topological polar surface area (TPSA) is 27.7 Å². The van der Waals surface area contributed by atoms with Crippen LogP contribution < -0.4 is 13.6 Å². The van der Waals surface area contributed by atoms with Crippen molar-refractivity contribution in [2.75, 3.05) is 0 Å². The van der Waals surface area contributed by atoms with Gasteiger partial charge in [0.1, 0.15) is 17.2 Å². The molecule has 6 aromatic rings. The van der Waals surface area contributed by atoms with Crippen LogP contribution in [0.4, 0.5) is 0 Å². The molecule has 0 spiro atoms. The average Bonchev–Trinajstić information content (AvgIpc) is 0.791. The molecular weight excluding hydrogens is 1480 g/mol. The zero-order valence-corrected chi connectivity index (χ0v) is 81.9. The van der Waals surface area contributed by atoms with Crippen molar-refractivity contribution in [1.29, 1.82) is 0 Å². The first-order valence-corrected chi connectivity index (χ1v) is 54.5. The number of unbranched alkanes of at least 4 members (excludes halogenated alkanes) is 54. The van der Waals surface area contributed by atoms with Gasteiger partial charge in [-0.25, -0.2) is 0 Å². The third-order valence-corrected chi connectivity index (χ3v) is 28.0. The van der Waals surface area contributed by atoms with Crippen LogP contribution in [0.3, 0.4) is 0 Å². The van der Waals surface area contributed by atoms with Crippen LogP contribution in [0.15, 0.2) is 109 Å². The highest BCUT2D eigenvalue weighted by molar-refractivity contribution is 7.43. The van der Waals surface area contributed by atoms with Crippen LogP contribution in [0, 0.1) is 0 Å². The Morgan fingerprint density at radius 1 is 0.149 bits per heavy atom. The number of hydrogen-bond donors (Lipinski definition) is 0. The molecule has 0 saturated carbocycles. The standard InChI is InChI=1S/C117H189O3P/c1-10-19-28-37-46-55-64-79-100-94-97-109(106(85-70-61-52-43-34-25-16-7)103(100)82-67-58-49-40-31-22-13-4)112-88-73-76-91-115(112)118-121(119-116-92-77-74-89-113(116)110-98-95-101(80-65-56-47-38-29-20-11-2)104(83-68-59-50-41-32-23-14-5)107(110)86-71-62-53-44-35-26-17-8)120-117-93-78-75-90-114(117)111-99-96-102(81-66-57-48-39-30-21-12-3)105(84-69-60-51-42-33-24-15-6)108(111)87-72-63-54-45-36-27-18-9/h73-78,88-99H,10-72,79-87H2,1-9H3. The predicted octanol–water partition coefficient (Wildman–Crippen LogP) is 40.1. The highest BCUT2D eigenvalue weighted by atomic mass is 31.2. The van der Waals surface area contributed by atoms with Gasteiger partial charge in [0.05, 0.1) is 0 Å². The maximum Gasteiger partial charge on any atom is 0.530 e. The number of para-hydroxylation sites is 3. The summed E-state index contributed by atoms with van der Waals surface area (Å²) in [6, 6.07) is 42.8. The van der Waals surface area contributed by atoms with E-state index in [4.69, 9.17) is 13.6 Å². The monoisotopic (exact) mass is 1670 g/mol. The summed E-state index contributed by atoms with van der Waals surface area (Å²) in [6.45, 7) is 21.2. The van der Waals surface area contributed by atoms with Gasteiger partial charge in [-0.05, 0) is 201 Å². The smallest absolute Gasteiger partial charge is 0.408 e. The second-order valence-corrected chi connectivity index (χ2v) is 38.5. The van der Waals surface area contributed by atoms with E-state index in [1.807, 2.05) is 0 Å². The van der Waals surface area contributed by atoms with E-state index >= 15 is 0 Å². The minimum Gasteiger partial charge on any atom is -0.408 e. The Morgan fingerprint density at radius 2 is 0.306 bits per heavy atom. The molecule has 0 N–H and O–H groups in total. The molecule has 0 heterocycles. The Hall–Kier alpha value is -4.85. The van der Waals surface area contributed by atoms with Gasteiger partial charge in [-0.1, -0.05) is 500 Å². The maximum atomic E-state index is 7.94. The van der Waals surface area contributed by atoms with Crippen molar-refractivity contribution in [1.82, 2.24) is 0 Å². The first kappa shape index (κ1) is 105. The van der Waals surface area contributed by atoms with Gasteiger partial charge in [0.15, 0.2) is 0 Å². The lowest BCUT2D eigenvalue weighted by molar-refractivity contribution is 0.390. The Bertz CT molecular complexity index is 3110. The van der Waals surface area contributed by atoms with Gasteiger partial charge in [0, 0.05) is 16.7 Å². The summed E-state index contributed by atoms with van der Waals surface area (Å²) in [5, 5.41) is 0. The summed E-state index contributed by atoms with van der Waals surface area (Å²) >= 11 is 0. The summed E-state index contributed by atoms with van der Waals surface area (Å²) < 4.78 is 23.8. The molecule has 680 valence electrons. The second kappa shape index (κ2) is 71.2. The molecule has 0 unspecified atom stereocenters. The van der Waals surface area contributed by atoms with Gasteiger partial charge in [-0.15, -0.1) is 0 Å². The van der Waals surface area contributed by atoms with E-state index < -0.39 is 8.60 Å². The van der Waals surface area contributed by atoms with Crippen molar-refractivity contribution in [3.63, 3.8) is 0 Å². The zero-order chi connectivity index (χ0) is 85.7. The SMILES string of the molecule is CCCCCCCCCc1ccc(-c2ccccc2OP(Oc2ccccc2-c2ccc(CCCCCCCCC)c(CCCCCCCCC)c2CCCCCCCCC)Oc2ccccc2-c2ccc(CCCCCCCCC)c(CCCCCCCCC)c2CCCCCCCCC)c(CCCCCCCCC)c1CCCCCCCCC. The highest BCUT2D eigenvalue weighted by Crippen LogP contribution is 2.51. The lowest BCUT2D eigenvalue weighted by Gasteiger charge is -2.25. The molecule has 0 fully saturated rings. The van der Waals surface area contributed by atoms with Crippen LogP contribution in [0.5, 0.6) is 17.2 Å². The second-order valence-electron chi connectivity index (χ2n) is 37.5. The van der Waals surface area contributed by atoms with E-state index in [9.17, 15) is 0 Å². The molecular formula is C117H189O3P. The maximum absolute atomic E-state index is 7.94. The van der Waals surface area contributed by atoms with Gasteiger partial charge in [0.2, 0.25) is 0 Å². The van der Waals surface area contributed by atoms with Crippen LogP contribution in [0.25, 0.3) is 33.4 Å². The van der Waals surface area contributed by atoms with E-state index in [0.29, 0.717) is 0 Å². The third-order valence-electron chi connectivity index (χ3n) is 27.0. The first-order chi connectivity index (χ1) is 59.9. The van der Waals surface area contributed by atoms with E-state index in [1.54, 1.807) is 50.1 Å². The Morgan fingerprint density at radius 3 is 0.496 bits per heavy atom. The van der Waals surface area contributed by atoms with Crippen LogP contribution in [-0.4, -0.2) is 0 Å². The number of benzene rings is 6.